The van der Waals surface area contributed by atoms with Gasteiger partial charge in [-0.3, -0.25) is 14.2 Å². The molecule has 1 amide bonds. The Balaban J connectivity index is 1.61. The third kappa shape index (κ3) is 3.72. The highest BCUT2D eigenvalue weighted by molar-refractivity contribution is 5.95. The van der Waals surface area contributed by atoms with Crippen molar-refractivity contribution in [2.24, 2.45) is 5.92 Å². The minimum absolute atomic E-state index is 0.0733. The second kappa shape index (κ2) is 8.03. The summed E-state index contributed by atoms with van der Waals surface area (Å²) in [6, 6.07) is 11.3. The minimum atomic E-state index is -0.250. The molecule has 29 heavy (non-hydrogen) atoms. The maximum atomic E-state index is 13.1. The van der Waals surface area contributed by atoms with Crippen molar-refractivity contribution in [1.29, 1.82) is 0 Å². The second-order valence-electron chi connectivity index (χ2n) is 7.23. The van der Waals surface area contributed by atoms with Crippen molar-refractivity contribution in [3.63, 3.8) is 0 Å². The first kappa shape index (κ1) is 19.1. The highest BCUT2D eigenvalue weighted by Crippen LogP contribution is 2.23. The molecule has 2 aromatic heterocycles. The van der Waals surface area contributed by atoms with Gasteiger partial charge in [0.05, 0.1) is 12.5 Å². The first-order valence-electron chi connectivity index (χ1n) is 9.95. The zero-order valence-electron chi connectivity index (χ0n) is 16.7. The molecule has 1 fully saturated rings. The fourth-order valence-electron chi connectivity index (χ4n) is 3.91. The van der Waals surface area contributed by atoms with Crippen LogP contribution < -0.4 is 0 Å². The number of hydrogen-bond acceptors (Lipinski definition) is 5. The predicted octanol–water partition coefficient (Wildman–Crippen LogP) is 3.14. The van der Waals surface area contributed by atoms with Crippen LogP contribution in [0.3, 0.4) is 0 Å². The number of rotatable bonds is 4. The van der Waals surface area contributed by atoms with Gasteiger partial charge in [0.15, 0.2) is 5.65 Å². The molecule has 1 aliphatic heterocycles. The van der Waals surface area contributed by atoms with Gasteiger partial charge in [-0.25, -0.2) is 9.97 Å². The zero-order valence-corrected chi connectivity index (χ0v) is 16.7. The van der Waals surface area contributed by atoms with E-state index in [4.69, 9.17) is 4.74 Å². The van der Waals surface area contributed by atoms with E-state index in [1.165, 1.54) is 0 Å². The summed E-state index contributed by atoms with van der Waals surface area (Å²) in [4.78, 5) is 36.0. The predicted molar refractivity (Wildman–Crippen MR) is 109 cm³/mol. The molecule has 1 atom stereocenters. The molecule has 1 unspecified atom stereocenters. The van der Waals surface area contributed by atoms with Gasteiger partial charge in [-0.2, -0.15) is 0 Å². The number of hydrogen-bond donors (Lipinski definition) is 0. The molecule has 4 rings (SSSR count). The highest BCUT2D eigenvalue weighted by atomic mass is 16.5. The van der Waals surface area contributed by atoms with Crippen LogP contribution in [0, 0.1) is 12.8 Å². The van der Waals surface area contributed by atoms with Crippen molar-refractivity contribution < 1.29 is 14.3 Å². The molecule has 3 aromatic rings. The zero-order chi connectivity index (χ0) is 20.4. The van der Waals surface area contributed by atoms with Crippen molar-refractivity contribution in [3.05, 3.63) is 54.0 Å². The number of piperidine rings is 1. The van der Waals surface area contributed by atoms with Gasteiger partial charge in [-0.15, -0.1) is 0 Å². The molecule has 7 nitrogen and oxygen atoms in total. The van der Waals surface area contributed by atoms with E-state index in [9.17, 15) is 9.59 Å². The quantitative estimate of drug-likeness (QED) is 0.638. The van der Waals surface area contributed by atoms with Crippen LogP contribution in [0.5, 0.6) is 0 Å². The van der Waals surface area contributed by atoms with Gasteiger partial charge < -0.3 is 9.64 Å². The second-order valence-corrected chi connectivity index (χ2v) is 7.23. The maximum Gasteiger partial charge on any atom is 0.310 e. The first-order chi connectivity index (χ1) is 14.1. The van der Waals surface area contributed by atoms with Gasteiger partial charge in [0, 0.05) is 30.5 Å². The van der Waals surface area contributed by atoms with Crippen LogP contribution in [0.15, 0.2) is 42.6 Å². The smallest absolute Gasteiger partial charge is 0.310 e. The Kier molecular flexibility index (Phi) is 5.29. The molecule has 1 aromatic carbocycles. The summed E-state index contributed by atoms with van der Waals surface area (Å²) in [5.74, 6) is 0.268. The summed E-state index contributed by atoms with van der Waals surface area (Å²) in [7, 11) is 0. The van der Waals surface area contributed by atoms with Gasteiger partial charge in [0.25, 0.3) is 5.91 Å². The summed E-state index contributed by atoms with van der Waals surface area (Å²) < 4.78 is 7.09. The molecule has 3 heterocycles. The van der Waals surface area contributed by atoms with Crippen molar-refractivity contribution >= 4 is 23.0 Å². The van der Waals surface area contributed by atoms with Crippen LogP contribution in [0.1, 0.15) is 35.9 Å². The first-order valence-corrected chi connectivity index (χ1v) is 9.95. The van der Waals surface area contributed by atoms with E-state index in [1.807, 2.05) is 47.9 Å². The fraction of sp³-hybridized carbons (Fsp3) is 0.364. The van der Waals surface area contributed by atoms with Gasteiger partial charge in [-0.1, -0.05) is 6.07 Å². The molecule has 1 saturated heterocycles. The van der Waals surface area contributed by atoms with Gasteiger partial charge in [0.1, 0.15) is 11.3 Å². The number of pyridine rings is 1. The summed E-state index contributed by atoms with van der Waals surface area (Å²) in [5, 5.41) is 0. The Morgan fingerprint density at radius 2 is 2.10 bits per heavy atom. The molecule has 0 saturated carbocycles. The topological polar surface area (TPSA) is 77.3 Å². The Hall–Kier alpha value is -3.22. The Labute approximate surface area is 169 Å². The number of esters is 1. The van der Waals surface area contributed by atoms with Crippen LogP contribution in [-0.4, -0.2) is 51.0 Å². The van der Waals surface area contributed by atoms with E-state index in [0.29, 0.717) is 25.3 Å². The molecule has 0 radical (unpaired) electrons. The maximum absolute atomic E-state index is 13.1. The lowest BCUT2D eigenvalue weighted by atomic mass is 9.97. The van der Waals surface area contributed by atoms with E-state index >= 15 is 0 Å². The normalized spacial score (nSPS) is 16.8. The Morgan fingerprint density at radius 3 is 2.93 bits per heavy atom. The van der Waals surface area contributed by atoms with Crippen LogP contribution >= 0.6 is 0 Å². The number of fused-ring (bicyclic) bond motifs is 1. The number of aromatic nitrogens is 3. The van der Waals surface area contributed by atoms with Crippen LogP contribution in [0.4, 0.5) is 0 Å². The van der Waals surface area contributed by atoms with Crippen molar-refractivity contribution in [3.8, 4) is 5.69 Å². The third-order valence-electron chi connectivity index (χ3n) is 5.26. The molecule has 1 aliphatic rings. The number of aryl methyl sites for hydroxylation is 1. The number of likely N-dealkylation sites (tertiary alicyclic amines) is 1. The van der Waals surface area contributed by atoms with Gasteiger partial charge in [-0.05, 0) is 57.0 Å². The van der Waals surface area contributed by atoms with Gasteiger partial charge >= 0.3 is 5.97 Å². The lowest BCUT2D eigenvalue weighted by Gasteiger charge is -2.31. The molecule has 0 spiro atoms. The number of nitrogens with zero attached hydrogens (tertiary/aromatic N) is 4. The third-order valence-corrected chi connectivity index (χ3v) is 5.26. The summed E-state index contributed by atoms with van der Waals surface area (Å²) in [5.41, 5.74) is 3.00. The minimum Gasteiger partial charge on any atom is -0.466 e. The fourth-order valence-corrected chi connectivity index (χ4v) is 3.91. The van der Waals surface area contributed by atoms with Crippen LogP contribution in [0.25, 0.3) is 16.9 Å². The molecule has 0 bridgehead atoms. The monoisotopic (exact) mass is 392 g/mol. The lowest BCUT2D eigenvalue weighted by molar-refractivity contribution is -0.149. The Morgan fingerprint density at radius 1 is 1.24 bits per heavy atom. The summed E-state index contributed by atoms with van der Waals surface area (Å²) in [6.45, 7) is 5.12. The van der Waals surface area contributed by atoms with E-state index in [0.717, 1.165) is 35.5 Å². The van der Waals surface area contributed by atoms with Crippen molar-refractivity contribution in [1.82, 2.24) is 19.4 Å². The van der Waals surface area contributed by atoms with Crippen LogP contribution in [0.2, 0.25) is 0 Å². The SMILES string of the molecule is CCOC(=O)C1CCCN(C(=O)c2cccc(-n3c(C)nc4cccnc43)c2)C1. The van der Waals surface area contributed by atoms with Crippen molar-refractivity contribution in [2.45, 2.75) is 26.7 Å². The van der Waals surface area contributed by atoms with Crippen LogP contribution in [-0.2, 0) is 9.53 Å². The van der Waals surface area contributed by atoms with E-state index in [1.54, 1.807) is 18.0 Å². The van der Waals surface area contributed by atoms with Crippen molar-refractivity contribution in [2.75, 3.05) is 19.7 Å². The lowest BCUT2D eigenvalue weighted by Crippen LogP contribution is -2.42. The molecular weight excluding hydrogens is 368 g/mol. The van der Waals surface area contributed by atoms with Gasteiger partial charge in [0.2, 0.25) is 0 Å². The molecular formula is C22H24N4O3. The number of carbonyl (C=O) groups is 2. The average molecular weight is 392 g/mol. The summed E-state index contributed by atoms with van der Waals surface area (Å²) in [6.07, 6.45) is 3.29. The van der Waals surface area contributed by atoms with E-state index in [-0.39, 0.29) is 17.8 Å². The standard InChI is InChI=1S/C22H24N4O3/c1-3-29-22(28)17-8-6-12-25(14-17)21(27)16-7-4-9-18(13-16)26-15(2)24-19-10-5-11-23-20(19)26/h4-5,7,9-11,13,17H,3,6,8,12,14H2,1-2H3. The number of amides is 1. The summed E-state index contributed by atoms with van der Waals surface area (Å²) >= 11 is 0. The molecule has 150 valence electrons. The molecule has 7 heteroatoms. The number of benzene rings is 1. The number of ether oxygens (including phenoxy) is 1. The largest absolute Gasteiger partial charge is 0.466 e. The molecule has 0 aliphatic carbocycles. The molecule has 0 N–H and O–H groups in total. The van der Waals surface area contributed by atoms with E-state index < -0.39 is 0 Å². The average Bonchev–Trinajstić information content (AvgIpc) is 3.09. The Bertz CT molecular complexity index is 1060. The van der Waals surface area contributed by atoms with E-state index in [2.05, 4.69) is 9.97 Å². The number of carbonyl (C=O) groups excluding carboxylic acids is 2. The number of imidazole rings is 1. The highest BCUT2D eigenvalue weighted by Gasteiger charge is 2.30.